The van der Waals surface area contributed by atoms with E-state index in [2.05, 4.69) is 27.6 Å². The smallest absolute Gasteiger partial charge is 0.227 e. The molecule has 0 aliphatic rings. The van der Waals surface area contributed by atoms with Gasteiger partial charge in [0.05, 0.1) is 6.10 Å². The quantitative estimate of drug-likeness (QED) is 0.678. The minimum Gasteiger partial charge on any atom is -0.387 e. The average molecular weight is 283 g/mol. The van der Waals surface area contributed by atoms with E-state index >= 15 is 0 Å². The summed E-state index contributed by atoms with van der Waals surface area (Å²) in [5, 5.41) is 19.3. The third kappa shape index (κ3) is 3.45. The highest BCUT2D eigenvalue weighted by Crippen LogP contribution is 2.19. The van der Waals surface area contributed by atoms with Crippen LogP contribution in [0.4, 0.5) is 0 Å². The predicted molar refractivity (Wildman–Crippen MR) is 79.8 cm³/mol. The summed E-state index contributed by atoms with van der Waals surface area (Å²) in [6.07, 6.45) is 1.52. The predicted octanol–water partition coefficient (Wildman–Crippen LogP) is 2.09. The Morgan fingerprint density at radius 1 is 1.14 bits per heavy atom. The molecule has 0 saturated heterocycles. The molecular formula is C16H17N3O2. The van der Waals surface area contributed by atoms with Gasteiger partial charge in [-0.2, -0.15) is 4.98 Å². The first-order chi connectivity index (χ1) is 10.3. The number of hydrogen-bond acceptors (Lipinski definition) is 5. The summed E-state index contributed by atoms with van der Waals surface area (Å²) in [5.74, 6) is 0.600. The first-order valence-electron chi connectivity index (χ1n) is 6.96. The van der Waals surface area contributed by atoms with Crippen LogP contribution in [0, 0.1) is 0 Å². The number of rotatable bonds is 6. The van der Waals surface area contributed by atoms with Crippen molar-refractivity contribution >= 4 is 10.8 Å². The van der Waals surface area contributed by atoms with Gasteiger partial charge < -0.3 is 14.9 Å². The molecule has 0 saturated carbocycles. The Balaban J connectivity index is 1.55. The van der Waals surface area contributed by atoms with Gasteiger partial charge in [-0.05, 0) is 22.4 Å². The molecule has 0 radical (unpaired) electrons. The van der Waals surface area contributed by atoms with Crippen LogP contribution in [0.15, 0.2) is 53.3 Å². The fraction of sp³-hybridized carbons (Fsp3) is 0.250. The van der Waals surface area contributed by atoms with Crippen molar-refractivity contribution in [2.75, 3.05) is 13.1 Å². The summed E-state index contributed by atoms with van der Waals surface area (Å²) in [6, 6.07) is 14.2. The molecule has 5 heteroatoms. The zero-order valence-electron chi connectivity index (χ0n) is 11.6. The van der Waals surface area contributed by atoms with Gasteiger partial charge in [0.1, 0.15) is 0 Å². The topological polar surface area (TPSA) is 71.2 Å². The van der Waals surface area contributed by atoms with Gasteiger partial charge in [-0.3, -0.25) is 0 Å². The largest absolute Gasteiger partial charge is 0.387 e. The van der Waals surface area contributed by atoms with Gasteiger partial charge in [0.15, 0.2) is 6.33 Å². The normalized spacial score (nSPS) is 12.6. The maximum atomic E-state index is 10.2. The SMILES string of the molecule is OC(CNCCc1ncno1)c1ccc2ccccc2c1. The highest BCUT2D eigenvalue weighted by molar-refractivity contribution is 5.83. The minimum absolute atomic E-state index is 0.493. The van der Waals surface area contributed by atoms with E-state index in [9.17, 15) is 5.11 Å². The van der Waals surface area contributed by atoms with Gasteiger partial charge in [-0.15, -0.1) is 0 Å². The van der Waals surface area contributed by atoms with Crippen molar-refractivity contribution in [1.29, 1.82) is 0 Å². The lowest BCUT2D eigenvalue weighted by Gasteiger charge is -2.12. The third-order valence-corrected chi connectivity index (χ3v) is 3.42. The highest BCUT2D eigenvalue weighted by Gasteiger charge is 2.08. The Morgan fingerprint density at radius 3 is 2.81 bits per heavy atom. The molecule has 108 valence electrons. The summed E-state index contributed by atoms with van der Waals surface area (Å²) >= 11 is 0. The molecule has 0 spiro atoms. The summed E-state index contributed by atoms with van der Waals surface area (Å²) in [6.45, 7) is 1.18. The lowest BCUT2D eigenvalue weighted by Crippen LogP contribution is -2.23. The number of hydrogen-bond donors (Lipinski definition) is 2. The molecule has 0 bridgehead atoms. The van der Waals surface area contributed by atoms with Crippen molar-refractivity contribution in [1.82, 2.24) is 15.5 Å². The number of aliphatic hydroxyl groups excluding tert-OH is 1. The van der Waals surface area contributed by atoms with Crippen molar-refractivity contribution < 1.29 is 9.63 Å². The van der Waals surface area contributed by atoms with Crippen LogP contribution >= 0.6 is 0 Å². The van der Waals surface area contributed by atoms with Crippen molar-refractivity contribution in [2.24, 2.45) is 0 Å². The molecule has 2 aromatic carbocycles. The molecule has 21 heavy (non-hydrogen) atoms. The van der Waals surface area contributed by atoms with Gasteiger partial charge in [0.2, 0.25) is 5.89 Å². The summed E-state index contributed by atoms with van der Waals surface area (Å²) in [4.78, 5) is 3.94. The van der Waals surface area contributed by atoms with E-state index < -0.39 is 6.10 Å². The number of nitrogens with one attached hydrogen (secondary N) is 1. The Labute approximate surface area is 122 Å². The van der Waals surface area contributed by atoms with E-state index in [1.165, 1.54) is 11.7 Å². The Kier molecular flexibility index (Phi) is 4.23. The lowest BCUT2D eigenvalue weighted by atomic mass is 10.0. The fourth-order valence-corrected chi connectivity index (χ4v) is 2.27. The molecule has 1 aromatic heterocycles. The molecule has 0 fully saturated rings. The second-order valence-electron chi connectivity index (χ2n) is 4.91. The van der Waals surface area contributed by atoms with E-state index in [0.29, 0.717) is 25.4 Å². The Bertz CT molecular complexity index is 698. The molecule has 1 unspecified atom stereocenters. The fourth-order valence-electron chi connectivity index (χ4n) is 2.27. The van der Waals surface area contributed by atoms with E-state index in [1.807, 2.05) is 30.3 Å². The number of fused-ring (bicyclic) bond motifs is 1. The number of aliphatic hydroxyl groups is 1. The van der Waals surface area contributed by atoms with Crippen molar-refractivity contribution in [3.63, 3.8) is 0 Å². The zero-order valence-corrected chi connectivity index (χ0v) is 11.6. The van der Waals surface area contributed by atoms with Gasteiger partial charge in [-0.1, -0.05) is 41.6 Å². The number of aromatic nitrogens is 2. The van der Waals surface area contributed by atoms with Crippen LogP contribution in [0.2, 0.25) is 0 Å². The van der Waals surface area contributed by atoms with Crippen LogP contribution in [0.25, 0.3) is 10.8 Å². The molecule has 1 heterocycles. The van der Waals surface area contributed by atoms with Crippen LogP contribution in [0.5, 0.6) is 0 Å². The molecule has 0 aliphatic carbocycles. The third-order valence-electron chi connectivity index (χ3n) is 3.42. The number of nitrogens with zero attached hydrogens (tertiary/aromatic N) is 2. The maximum Gasteiger partial charge on any atom is 0.227 e. The summed E-state index contributed by atoms with van der Waals surface area (Å²) < 4.78 is 4.91. The summed E-state index contributed by atoms with van der Waals surface area (Å²) in [7, 11) is 0. The van der Waals surface area contributed by atoms with E-state index in [0.717, 1.165) is 10.9 Å². The second-order valence-corrected chi connectivity index (χ2v) is 4.91. The molecule has 3 aromatic rings. The van der Waals surface area contributed by atoms with E-state index in [4.69, 9.17) is 4.52 Å². The lowest BCUT2D eigenvalue weighted by molar-refractivity contribution is 0.175. The molecule has 0 amide bonds. The molecule has 2 N–H and O–H groups in total. The van der Waals surface area contributed by atoms with Gasteiger partial charge in [0, 0.05) is 19.5 Å². The van der Waals surface area contributed by atoms with Crippen LogP contribution in [-0.2, 0) is 6.42 Å². The summed E-state index contributed by atoms with van der Waals surface area (Å²) in [5.41, 5.74) is 0.916. The highest BCUT2D eigenvalue weighted by atomic mass is 16.5. The average Bonchev–Trinajstić information content (AvgIpc) is 3.04. The zero-order chi connectivity index (χ0) is 14.5. The maximum absolute atomic E-state index is 10.2. The molecule has 0 aliphatic heterocycles. The van der Waals surface area contributed by atoms with Crippen LogP contribution in [0.3, 0.4) is 0 Å². The number of benzene rings is 2. The van der Waals surface area contributed by atoms with Gasteiger partial charge >= 0.3 is 0 Å². The molecule has 3 rings (SSSR count). The van der Waals surface area contributed by atoms with Crippen LogP contribution < -0.4 is 5.32 Å². The Morgan fingerprint density at radius 2 is 2.00 bits per heavy atom. The second kappa shape index (κ2) is 6.47. The molecule has 5 nitrogen and oxygen atoms in total. The monoisotopic (exact) mass is 283 g/mol. The first-order valence-corrected chi connectivity index (χ1v) is 6.96. The van der Waals surface area contributed by atoms with Gasteiger partial charge in [0.25, 0.3) is 0 Å². The Hall–Kier alpha value is -2.24. The van der Waals surface area contributed by atoms with E-state index in [-0.39, 0.29) is 0 Å². The van der Waals surface area contributed by atoms with E-state index in [1.54, 1.807) is 0 Å². The first kappa shape index (κ1) is 13.7. The van der Waals surface area contributed by atoms with Crippen molar-refractivity contribution in [3.8, 4) is 0 Å². The van der Waals surface area contributed by atoms with Crippen LogP contribution in [0.1, 0.15) is 17.6 Å². The standard InChI is InChI=1S/C16H17N3O2/c20-15(10-17-8-7-16-18-11-19-21-16)14-6-5-12-3-1-2-4-13(12)9-14/h1-6,9,11,15,17,20H,7-8,10H2. The minimum atomic E-state index is -0.530. The van der Waals surface area contributed by atoms with Crippen LogP contribution in [-0.4, -0.2) is 28.3 Å². The van der Waals surface area contributed by atoms with Gasteiger partial charge in [-0.25, -0.2) is 0 Å². The molecular weight excluding hydrogens is 266 g/mol. The van der Waals surface area contributed by atoms with Crippen molar-refractivity contribution in [3.05, 3.63) is 60.2 Å². The molecule has 1 atom stereocenters. The van der Waals surface area contributed by atoms with Crippen molar-refractivity contribution in [2.45, 2.75) is 12.5 Å².